The monoisotopic (exact) mass is 493 g/mol. The summed E-state index contributed by atoms with van der Waals surface area (Å²) >= 11 is 1.69. The molecule has 3 aromatic rings. The minimum atomic E-state index is -0.235. The number of carbonyl (C=O) groups is 2. The zero-order valence-corrected chi connectivity index (χ0v) is 20.8. The van der Waals surface area contributed by atoms with E-state index in [0.29, 0.717) is 12.4 Å². The number of rotatable bonds is 7. The van der Waals surface area contributed by atoms with Gasteiger partial charge in [-0.15, -0.1) is 11.3 Å². The molecule has 0 bridgehead atoms. The van der Waals surface area contributed by atoms with Crippen molar-refractivity contribution in [1.82, 2.24) is 9.88 Å². The van der Waals surface area contributed by atoms with Gasteiger partial charge in [0.05, 0.1) is 24.8 Å². The molecule has 1 aliphatic carbocycles. The molecule has 1 amide bonds. The van der Waals surface area contributed by atoms with Gasteiger partial charge >= 0.3 is 5.97 Å². The number of nitrogens with zero attached hydrogens (tertiary/aromatic N) is 2. The van der Waals surface area contributed by atoms with Crippen LogP contribution in [0.15, 0.2) is 47.3 Å². The van der Waals surface area contributed by atoms with Crippen LogP contribution in [0.5, 0.6) is 0 Å². The summed E-state index contributed by atoms with van der Waals surface area (Å²) < 4.78 is 10.6. The van der Waals surface area contributed by atoms with E-state index in [1.807, 2.05) is 19.2 Å². The van der Waals surface area contributed by atoms with Crippen LogP contribution in [0.1, 0.15) is 70.8 Å². The second kappa shape index (κ2) is 10.7. The quantitative estimate of drug-likeness (QED) is 0.454. The number of aryl methyl sites for hydroxylation is 1. The van der Waals surface area contributed by atoms with Crippen LogP contribution in [0.2, 0.25) is 0 Å². The van der Waals surface area contributed by atoms with Gasteiger partial charge in [-0.3, -0.25) is 19.5 Å². The molecule has 0 spiro atoms. The number of amides is 1. The number of hydrogen-bond donors (Lipinski definition) is 1. The average molecular weight is 494 g/mol. The second-order valence-electron chi connectivity index (χ2n) is 9.14. The Kier molecular flexibility index (Phi) is 7.29. The number of piperidine rings is 1. The lowest BCUT2D eigenvalue weighted by atomic mass is 9.87. The summed E-state index contributed by atoms with van der Waals surface area (Å²) in [5, 5.41) is 4.06. The Morgan fingerprint density at radius 3 is 2.77 bits per heavy atom. The van der Waals surface area contributed by atoms with Gasteiger partial charge in [0.1, 0.15) is 5.00 Å². The first-order chi connectivity index (χ1) is 17.2. The third-order valence-corrected chi connectivity index (χ3v) is 8.20. The van der Waals surface area contributed by atoms with Gasteiger partial charge < -0.3 is 14.5 Å². The van der Waals surface area contributed by atoms with E-state index in [-0.39, 0.29) is 23.8 Å². The number of hydrogen-bond acceptors (Lipinski definition) is 7. The third kappa shape index (κ3) is 5.04. The Hall–Kier alpha value is -2.97. The van der Waals surface area contributed by atoms with E-state index in [4.69, 9.17) is 9.15 Å². The van der Waals surface area contributed by atoms with Crippen LogP contribution in [0.4, 0.5) is 5.00 Å². The average Bonchev–Trinajstić information content (AvgIpc) is 3.55. The van der Waals surface area contributed by atoms with E-state index in [1.165, 1.54) is 28.7 Å². The predicted molar refractivity (Wildman–Crippen MR) is 135 cm³/mol. The zero-order chi connectivity index (χ0) is 24.2. The molecule has 5 rings (SSSR count). The number of likely N-dealkylation sites (tertiary alicyclic amines) is 1. The van der Waals surface area contributed by atoms with Crippen molar-refractivity contribution in [1.29, 1.82) is 0 Å². The summed E-state index contributed by atoms with van der Waals surface area (Å²) in [6, 6.07) is 7.44. The van der Waals surface area contributed by atoms with Gasteiger partial charge in [-0.1, -0.05) is 6.07 Å². The molecule has 1 aliphatic heterocycles. The summed E-state index contributed by atoms with van der Waals surface area (Å²) in [6.45, 7) is 3.82. The molecule has 1 fully saturated rings. The maximum absolute atomic E-state index is 13.0. The van der Waals surface area contributed by atoms with Crippen molar-refractivity contribution < 1.29 is 18.7 Å². The molecule has 1 N–H and O–H groups in total. The van der Waals surface area contributed by atoms with Gasteiger partial charge in [-0.25, -0.2) is 0 Å². The Bertz CT molecular complexity index is 1150. The standard InChI is InChI=1S/C27H31N3O4S/c1-2-33-27(32)18-11-14-30(15-12-18)24(19-7-5-13-28-17-19)23-20-8-3-4-10-22(20)35-26(23)29-25(31)21-9-6-16-34-21/h5-7,9,13,16-18,24H,2-4,8,10-12,14-15H2,1H3,(H,29,31). The van der Waals surface area contributed by atoms with Crippen molar-refractivity contribution in [3.63, 3.8) is 0 Å². The Morgan fingerprint density at radius 1 is 1.23 bits per heavy atom. The first kappa shape index (κ1) is 23.8. The molecule has 0 aromatic carbocycles. The number of pyridine rings is 1. The highest BCUT2D eigenvalue weighted by atomic mass is 32.1. The number of fused-ring (bicyclic) bond motifs is 1. The minimum absolute atomic E-state index is 0.0446. The normalized spacial score (nSPS) is 17.5. The SMILES string of the molecule is CCOC(=O)C1CCN(C(c2cccnc2)c2c(NC(=O)c3ccco3)sc3c2CCCC3)CC1. The molecule has 0 saturated carbocycles. The largest absolute Gasteiger partial charge is 0.466 e. The molecular weight excluding hydrogens is 462 g/mol. The van der Waals surface area contributed by atoms with Crippen LogP contribution in [-0.4, -0.2) is 41.5 Å². The van der Waals surface area contributed by atoms with E-state index < -0.39 is 0 Å². The molecule has 35 heavy (non-hydrogen) atoms. The van der Waals surface area contributed by atoms with Gasteiger partial charge in [0.2, 0.25) is 0 Å². The van der Waals surface area contributed by atoms with E-state index >= 15 is 0 Å². The Balaban J connectivity index is 1.51. The lowest BCUT2D eigenvalue weighted by molar-refractivity contribution is -0.149. The van der Waals surface area contributed by atoms with Crippen LogP contribution in [-0.2, 0) is 22.4 Å². The van der Waals surface area contributed by atoms with Crippen molar-refractivity contribution in [3.8, 4) is 0 Å². The highest BCUT2D eigenvalue weighted by Gasteiger charge is 2.35. The molecule has 184 valence electrons. The third-order valence-electron chi connectivity index (χ3n) is 6.97. The number of thiophene rings is 1. The summed E-state index contributed by atoms with van der Waals surface area (Å²) in [6.07, 6.45) is 11.1. The lowest BCUT2D eigenvalue weighted by Crippen LogP contribution is -2.40. The molecular formula is C27H31N3O4S. The van der Waals surface area contributed by atoms with E-state index in [2.05, 4.69) is 21.3 Å². The van der Waals surface area contributed by atoms with E-state index in [0.717, 1.165) is 55.8 Å². The van der Waals surface area contributed by atoms with Crippen LogP contribution in [0, 0.1) is 5.92 Å². The fourth-order valence-corrected chi connectivity index (χ4v) is 6.61. The van der Waals surface area contributed by atoms with Gasteiger partial charge in [0.15, 0.2) is 5.76 Å². The highest BCUT2D eigenvalue weighted by molar-refractivity contribution is 7.16. The van der Waals surface area contributed by atoms with Gasteiger partial charge in [-0.2, -0.15) is 0 Å². The van der Waals surface area contributed by atoms with Crippen molar-refractivity contribution in [2.75, 3.05) is 25.0 Å². The van der Waals surface area contributed by atoms with Crippen molar-refractivity contribution in [2.45, 2.75) is 51.5 Å². The topological polar surface area (TPSA) is 84.7 Å². The molecule has 1 atom stereocenters. The maximum atomic E-state index is 13.0. The predicted octanol–water partition coefficient (Wildman–Crippen LogP) is 5.23. The molecule has 8 heteroatoms. The van der Waals surface area contributed by atoms with Crippen LogP contribution in [0.25, 0.3) is 0 Å². The Labute approximate surface area is 209 Å². The molecule has 3 aromatic heterocycles. The second-order valence-corrected chi connectivity index (χ2v) is 10.2. The zero-order valence-electron chi connectivity index (χ0n) is 20.0. The first-order valence-corrected chi connectivity index (χ1v) is 13.3. The number of aromatic nitrogens is 1. The van der Waals surface area contributed by atoms with E-state index in [9.17, 15) is 9.59 Å². The van der Waals surface area contributed by atoms with Gasteiger partial charge in [-0.05, 0) is 87.9 Å². The Morgan fingerprint density at radius 2 is 2.06 bits per heavy atom. The number of anilines is 1. The van der Waals surface area contributed by atoms with Crippen LogP contribution >= 0.6 is 11.3 Å². The first-order valence-electron chi connectivity index (χ1n) is 12.5. The summed E-state index contributed by atoms with van der Waals surface area (Å²) in [7, 11) is 0. The number of ether oxygens (including phenoxy) is 1. The maximum Gasteiger partial charge on any atom is 0.309 e. The molecule has 1 saturated heterocycles. The van der Waals surface area contributed by atoms with Crippen molar-refractivity contribution in [2.24, 2.45) is 5.92 Å². The molecule has 2 aliphatic rings. The van der Waals surface area contributed by atoms with E-state index in [1.54, 1.807) is 29.7 Å². The molecule has 4 heterocycles. The van der Waals surface area contributed by atoms with Crippen LogP contribution in [0.3, 0.4) is 0 Å². The summed E-state index contributed by atoms with van der Waals surface area (Å²) in [5.74, 6) is -0.0871. The number of esters is 1. The van der Waals surface area contributed by atoms with Gasteiger partial charge in [0.25, 0.3) is 5.91 Å². The number of nitrogens with one attached hydrogen (secondary N) is 1. The minimum Gasteiger partial charge on any atom is -0.466 e. The summed E-state index contributed by atoms with van der Waals surface area (Å²) in [5.41, 5.74) is 3.63. The number of furan rings is 1. The smallest absolute Gasteiger partial charge is 0.309 e. The lowest BCUT2D eigenvalue weighted by Gasteiger charge is -2.38. The molecule has 0 radical (unpaired) electrons. The fraction of sp³-hybridized carbons (Fsp3) is 0.444. The number of carbonyl (C=O) groups excluding carboxylic acids is 2. The molecule has 1 unspecified atom stereocenters. The van der Waals surface area contributed by atoms with Crippen molar-refractivity contribution in [3.05, 3.63) is 70.3 Å². The van der Waals surface area contributed by atoms with Gasteiger partial charge in [0, 0.05) is 22.8 Å². The fourth-order valence-electron chi connectivity index (χ4n) is 5.30. The van der Waals surface area contributed by atoms with Crippen molar-refractivity contribution >= 4 is 28.2 Å². The highest BCUT2D eigenvalue weighted by Crippen LogP contribution is 2.46. The van der Waals surface area contributed by atoms with Crippen LogP contribution < -0.4 is 5.32 Å². The molecule has 7 nitrogen and oxygen atoms in total. The summed E-state index contributed by atoms with van der Waals surface area (Å²) in [4.78, 5) is 33.5.